The molecule has 0 aliphatic rings. The highest BCUT2D eigenvalue weighted by Gasteiger charge is 2.19. The molecule has 94 valence electrons. The lowest BCUT2D eigenvalue weighted by Gasteiger charge is -2.15. The van der Waals surface area contributed by atoms with E-state index in [4.69, 9.17) is 5.73 Å². The number of carbonyl (C=O) groups is 1. The summed E-state index contributed by atoms with van der Waals surface area (Å²) in [5, 5.41) is 0. The van der Waals surface area contributed by atoms with E-state index in [0.29, 0.717) is 10.8 Å². The van der Waals surface area contributed by atoms with E-state index in [1.165, 1.54) is 12.1 Å². The lowest BCUT2D eigenvalue weighted by Crippen LogP contribution is -2.29. The van der Waals surface area contributed by atoms with Crippen molar-refractivity contribution in [2.45, 2.75) is 13.5 Å². The van der Waals surface area contributed by atoms with Gasteiger partial charge in [0.2, 0.25) is 10.9 Å². The minimum Gasteiger partial charge on any atom is -0.449 e. The lowest BCUT2D eigenvalue weighted by molar-refractivity contribution is 0.164. The van der Waals surface area contributed by atoms with E-state index in [1.807, 2.05) is 0 Å². The predicted octanol–water partition coefficient (Wildman–Crippen LogP) is 0.635. The Morgan fingerprint density at radius 2 is 1.94 bits per heavy atom. The van der Waals surface area contributed by atoms with Gasteiger partial charge in [-0.1, -0.05) is 12.1 Å². The second-order valence-corrected chi connectivity index (χ2v) is 3.99. The Labute approximate surface area is 101 Å². The molecule has 0 atom stereocenters. The van der Waals surface area contributed by atoms with Gasteiger partial charge < -0.3 is 10.5 Å². The second kappa shape index (κ2) is 6.21. The van der Waals surface area contributed by atoms with E-state index >= 15 is 0 Å². The molecule has 0 saturated heterocycles. The summed E-state index contributed by atoms with van der Waals surface area (Å²) in [6, 6.07) is 6.31. The third kappa shape index (κ3) is 3.43. The van der Waals surface area contributed by atoms with Gasteiger partial charge in [-0.05, 0) is 24.6 Å². The van der Waals surface area contributed by atoms with Crippen molar-refractivity contribution in [3.8, 4) is 0 Å². The zero-order chi connectivity index (χ0) is 12.8. The summed E-state index contributed by atoms with van der Waals surface area (Å²) >= 11 is 0. The van der Waals surface area contributed by atoms with Crippen LogP contribution in [0.15, 0.2) is 24.3 Å². The Kier molecular flexibility index (Phi) is 4.92. The van der Waals surface area contributed by atoms with Gasteiger partial charge in [0.05, 0.1) is 12.3 Å². The molecule has 0 unspecified atom stereocenters. The van der Waals surface area contributed by atoms with Gasteiger partial charge in [-0.15, -0.1) is 0 Å². The van der Waals surface area contributed by atoms with Crippen molar-refractivity contribution in [3.05, 3.63) is 29.8 Å². The van der Waals surface area contributed by atoms with Gasteiger partial charge in [0.25, 0.3) is 0 Å². The van der Waals surface area contributed by atoms with Crippen LogP contribution in [0.4, 0.5) is 10.5 Å². The SMILES string of the molecule is CCOC(=O)N(c1ccc(CN)cc1)[SH](=O)=O. The molecular weight excluding hydrogens is 244 g/mol. The Morgan fingerprint density at radius 3 is 2.35 bits per heavy atom. The molecular formula is C10H14N2O4S. The molecule has 0 saturated carbocycles. The van der Waals surface area contributed by atoms with E-state index in [2.05, 4.69) is 4.74 Å². The Morgan fingerprint density at radius 1 is 1.35 bits per heavy atom. The maximum atomic E-state index is 11.4. The standard InChI is InChI=1S/C10H14N2O4S/c1-2-16-10(13)12(17(14)15)9-5-3-8(7-11)4-6-9/h3-6,17H,2,7,11H2,1H3. The van der Waals surface area contributed by atoms with Crippen LogP contribution < -0.4 is 10.0 Å². The average Bonchev–Trinajstić information content (AvgIpc) is 2.30. The topological polar surface area (TPSA) is 89.7 Å². The first-order valence-corrected chi connectivity index (χ1v) is 6.13. The fourth-order valence-electron chi connectivity index (χ4n) is 1.22. The first-order chi connectivity index (χ1) is 8.10. The molecule has 0 aromatic heterocycles. The molecule has 1 aromatic rings. The summed E-state index contributed by atoms with van der Waals surface area (Å²) in [5.74, 6) is 0. The minimum atomic E-state index is -3.08. The van der Waals surface area contributed by atoms with Crippen LogP contribution in [0.3, 0.4) is 0 Å². The molecule has 0 spiro atoms. The molecule has 1 amide bonds. The van der Waals surface area contributed by atoms with Crippen LogP contribution in [-0.4, -0.2) is 21.1 Å². The molecule has 1 aromatic carbocycles. The number of hydrogen-bond donors (Lipinski definition) is 2. The number of rotatable bonds is 4. The van der Waals surface area contributed by atoms with Gasteiger partial charge in [0, 0.05) is 6.54 Å². The van der Waals surface area contributed by atoms with E-state index in [1.54, 1.807) is 19.1 Å². The van der Waals surface area contributed by atoms with Gasteiger partial charge in [-0.2, -0.15) is 4.31 Å². The van der Waals surface area contributed by atoms with E-state index in [0.717, 1.165) is 5.56 Å². The molecule has 2 N–H and O–H groups in total. The number of thiol groups is 1. The number of ether oxygens (including phenoxy) is 1. The Bertz CT molecular complexity index is 448. The number of anilines is 1. The average molecular weight is 258 g/mol. The van der Waals surface area contributed by atoms with Gasteiger partial charge in [-0.25, -0.2) is 13.2 Å². The van der Waals surface area contributed by atoms with Crippen molar-refractivity contribution < 1.29 is 17.9 Å². The Balaban J connectivity index is 3.01. The molecule has 7 heteroatoms. The number of nitrogens with zero attached hydrogens (tertiary/aromatic N) is 1. The largest absolute Gasteiger partial charge is 0.449 e. The molecule has 6 nitrogen and oxygen atoms in total. The first kappa shape index (κ1) is 13.5. The number of benzene rings is 1. The summed E-state index contributed by atoms with van der Waals surface area (Å²) in [5.41, 5.74) is 6.50. The van der Waals surface area contributed by atoms with Gasteiger partial charge in [-0.3, -0.25) is 0 Å². The lowest BCUT2D eigenvalue weighted by atomic mass is 10.2. The second-order valence-electron chi connectivity index (χ2n) is 3.12. The van der Waals surface area contributed by atoms with Crippen LogP contribution >= 0.6 is 0 Å². The van der Waals surface area contributed by atoms with Crippen LogP contribution in [0.1, 0.15) is 12.5 Å². The van der Waals surface area contributed by atoms with E-state index in [9.17, 15) is 13.2 Å². The fraction of sp³-hybridized carbons (Fsp3) is 0.300. The van der Waals surface area contributed by atoms with Gasteiger partial charge >= 0.3 is 6.09 Å². The van der Waals surface area contributed by atoms with Crippen LogP contribution in [0.5, 0.6) is 0 Å². The molecule has 0 heterocycles. The number of hydrogen-bond acceptors (Lipinski definition) is 5. The zero-order valence-corrected chi connectivity index (χ0v) is 10.2. The maximum absolute atomic E-state index is 11.4. The first-order valence-electron chi connectivity index (χ1n) is 5.00. The highest BCUT2D eigenvalue weighted by Crippen LogP contribution is 2.16. The van der Waals surface area contributed by atoms with Crippen LogP contribution in [-0.2, 0) is 22.2 Å². The zero-order valence-electron chi connectivity index (χ0n) is 9.33. The predicted molar refractivity (Wildman–Crippen MR) is 64.1 cm³/mol. The van der Waals surface area contributed by atoms with E-state index in [-0.39, 0.29) is 12.3 Å². The quantitative estimate of drug-likeness (QED) is 0.773. The van der Waals surface area contributed by atoms with Crippen molar-refractivity contribution in [3.63, 3.8) is 0 Å². The van der Waals surface area contributed by atoms with Gasteiger partial charge in [0.1, 0.15) is 0 Å². The molecule has 0 aliphatic carbocycles. The summed E-state index contributed by atoms with van der Waals surface area (Å²) in [7, 11) is -3.08. The van der Waals surface area contributed by atoms with Crippen molar-refractivity contribution in [2.75, 3.05) is 10.9 Å². The third-order valence-electron chi connectivity index (χ3n) is 2.02. The number of carbonyl (C=O) groups excluding carboxylic acids is 1. The smallest absolute Gasteiger partial charge is 0.428 e. The van der Waals surface area contributed by atoms with E-state index < -0.39 is 17.0 Å². The summed E-state index contributed by atoms with van der Waals surface area (Å²) in [6.45, 7) is 2.06. The van der Waals surface area contributed by atoms with Gasteiger partial charge in [0.15, 0.2) is 0 Å². The number of amides is 1. The molecule has 0 radical (unpaired) electrons. The third-order valence-corrected chi connectivity index (χ3v) is 2.74. The summed E-state index contributed by atoms with van der Waals surface area (Å²) in [4.78, 5) is 11.4. The molecule has 0 aliphatic heterocycles. The molecule has 0 bridgehead atoms. The van der Waals surface area contributed by atoms with Crippen LogP contribution in [0, 0.1) is 0 Å². The van der Waals surface area contributed by atoms with Crippen molar-refractivity contribution in [1.82, 2.24) is 0 Å². The van der Waals surface area contributed by atoms with Crippen molar-refractivity contribution in [2.24, 2.45) is 5.73 Å². The fourth-order valence-corrected chi connectivity index (χ4v) is 1.74. The maximum Gasteiger partial charge on any atom is 0.428 e. The van der Waals surface area contributed by atoms with Crippen molar-refractivity contribution >= 4 is 22.7 Å². The van der Waals surface area contributed by atoms with Crippen LogP contribution in [0.2, 0.25) is 0 Å². The molecule has 0 fully saturated rings. The summed E-state index contributed by atoms with van der Waals surface area (Å²) < 4.78 is 27.3. The normalized spacial score (nSPS) is 10.3. The Hall–Kier alpha value is -1.60. The monoisotopic (exact) mass is 258 g/mol. The highest BCUT2D eigenvalue weighted by molar-refractivity contribution is 7.75. The van der Waals surface area contributed by atoms with Crippen molar-refractivity contribution in [1.29, 1.82) is 0 Å². The summed E-state index contributed by atoms with van der Waals surface area (Å²) in [6.07, 6.45) is -0.913. The highest BCUT2D eigenvalue weighted by atomic mass is 32.2. The molecule has 17 heavy (non-hydrogen) atoms. The molecule has 1 rings (SSSR count). The van der Waals surface area contributed by atoms with Crippen LogP contribution in [0.25, 0.3) is 0 Å². The minimum absolute atomic E-state index is 0.111. The number of nitrogens with two attached hydrogens (primary N) is 1.